The van der Waals surface area contributed by atoms with Crippen LogP contribution in [0, 0.1) is 0 Å². The molecule has 0 N–H and O–H groups in total. The van der Waals surface area contributed by atoms with Crippen molar-refractivity contribution in [2.45, 2.75) is 30.9 Å². The summed E-state index contributed by atoms with van der Waals surface area (Å²) in [5.41, 5.74) is 4.48. The maximum atomic E-state index is 2.37. The molecule has 2 heterocycles. The van der Waals surface area contributed by atoms with Crippen LogP contribution in [0.5, 0.6) is 0 Å². The smallest absolute Gasteiger partial charge is 0.0439 e. The average molecular weight is 245 g/mol. The lowest BCUT2D eigenvalue weighted by atomic mass is 9.95. The van der Waals surface area contributed by atoms with E-state index in [2.05, 4.69) is 54.2 Å². The Balaban J connectivity index is 1.85. The molecule has 0 spiro atoms. The molecule has 0 amide bonds. The van der Waals surface area contributed by atoms with Gasteiger partial charge in [-0.25, -0.2) is 0 Å². The molecule has 1 unspecified atom stereocenters. The molecule has 17 heavy (non-hydrogen) atoms. The third kappa shape index (κ3) is 2.23. The van der Waals surface area contributed by atoms with Gasteiger partial charge in [0.05, 0.1) is 0 Å². The first-order chi connectivity index (χ1) is 8.34. The van der Waals surface area contributed by atoms with E-state index >= 15 is 0 Å². The molecule has 1 nitrogen and oxygen atoms in total. The van der Waals surface area contributed by atoms with Crippen molar-refractivity contribution in [3.05, 3.63) is 41.6 Å². The van der Waals surface area contributed by atoms with Gasteiger partial charge < -0.3 is 4.90 Å². The summed E-state index contributed by atoms with van der Waals surface area (Å²) in [6.07, 6.45) is 7.69. The maximum absolute atomic E-state index is 2.37. The Morgan fingerprint density at radius 2 is 2.12 bits per heavy atom. The van der Waals surface area contributed by atoms with Gasteiger partial charge in [-0.05, 0) is 42.2 Å². The normalized spacial score (nSPS) is 24.2. The molecular weight excluding hydrogens is 226 g/mol. The van der Waals surface area contributed by atoms with Crippen LogP contribution in [0.2, 0.25) is 0 Å². The van der Waals surface area contributed by atoms with E-state index in [1.54, 1.807) is 5.57 Å². The van der Waals surface area contributed by atoms with Gasteiger partial charge in [0.15, 0.2) is 0 Å². The summed E-state index contributed by atoms with van der Waals surface area (Å²) in [5, 5.41) is 0.763. The van der Waals surface area contributed by atoms with E-state index in [9.17, 15) is 0 Å². The highest BCUT2D eigenvalue weighted by atomic mass is 32.2. The average Bonchev–Trinajstić information content (AvgIpc) is 2.40. The molecule has 3 rings (SSSR count). The zero-order chi connectivity index (χ0) is 11.7. The van der Waals surface area contributed by atoms with Gasteiger partial charge in [-0.1, -0.05) is 24.6 Å². The van der Waals surface area contributed by atoms with Gasteiger partial charge in [0, 0.05) is 24.2 Å². The summed E-state index contributed by atoms with van der Waals surface area (Å²) >= 11 is 2.15. The molecule has 1 fully saturated rings. The molecule has 0 aliphatic carbocycles. The SMILES string of the molecule is CN1C=C(C2CCCCS2)Cc2ccccc21. The predicted octanol–water partition coefficient (Wildman–Crippen LogP) is 3.85. The second-order valence-corrected chi connectivity index (χ2v) is 6.29. The van der Waals surface area contributed by atoms with E-state index < -0.39 is 0 Å². The van der Waals surface area contributed by atoms with Crippen molar-refractivity contribution in [1.82, 2.24) is 0 Å². The standard InChI is InChI=1S/C15H19NS/c1-16-11-13(15-8-4-5-9-17-15)10-12-6-2-3-7-14(12)16/h2-3,6-7,11,15H,4-5,8-10H2,1H3. The molecular formula is C15H19NS. The number of fused-ring (bicyclic) bond motifs is 1. The van der Waals surface area contributed by atoms with Crippen molar-refractivity contribution in [2.24, 2.45) is 0 Å². The lowest BCUT2D eigenvalue weighted by Gasteiger charge is -2.31. The van der Waals surface area contributed by atoms with Crippen LogP contribution in [-0.2, 0) is 6.42 Å². The Bertz CT molecular complexity index is 432. The fraction of sp³-hybridized carbons (Fsp3) is 0.467. The van der Waals surface area contributed by atoms with E-state index in [-0.39, 0.29) is 0 Å². The Kier molecular flexibility index (Phi) is 3.15. The van der Waals surface area contributed by atoms with Gasteiger partial charge in [-0.3, -0.25) is 0 Å². The largest absolute Gasteiger partial charge is 0.351 e. The Morgan fingerprint density at radius 1 is 1.24 bits per heavy atom. The van der Waals surface area contributed by atoms with Crippen LogP contribution in [0.4, 0.5) is 5.69 Å². The van der Waals surface area contributed by atoms with Gasteiger partial charge in [-0.15, -0.1) is 0 Å². The molecule has 90 valence electrons. The predicted molar refractivity (Wildman–Crippen MR) is 76.7 cm³/mol. The van der Waals surface area contributed by atoms with Gasteiger partial charge in [0.1, 0.15) is 0 Å². The van der Waals surface area contributed by atoms with Crippen molar-refractivity contribution in [1.29, 1.82) is 0 Å². The molecule has 1 atom stereocenters. The second kappa shape index (κ2) is 4.77. The number of rotatable bonds is 1. The first-order valence-corrected chi connectivity index (χ1v) is 7.52. The van der Waals surface area contributed by atoms with Crippen molar-refractivity contribution in [3.8, 4) is 0 Å². The maximum Gasteiger partial charge on any atom is 0.0439 e. The van der Waals surface area contributed by atoms with Crippen LogP contribution in [0.25, 0.3) is 0 Å². The van der Waals surface area contributed by atoms with Crippen molar-refractivity contribution >= 4 is 17.4 Å². The Hall–Kier alpha value is -0.890. The number of benzene rings is 1. The molecule has 2 aliphatic heterocycles. The summed E-state index contributed by atoms with van der Waals surface area (Å²) < 4.78 is 0. The summed E-state index contributed by atoms with van der Waals surface area (Å²) in [4.78, 5) is 2.29. The molecule has 2 aliphatic rings. The van der Waals surface area contributed by atoms with Crippen LogP contribution < -0.4 is 4.90 Å². The van der Waals surface area contributed by atoms with E-state index in [1.807, 2.05) is 0 Å². The highest BCUT2D eigenvalue weighted by molar-refractivity contribution is 8.00. The summed E-state index contributed by atoms with van der Waals surface area (Å²) in [5.74, 6) is 1.34. The monoisotopic (exact) mass is 245 g/mol. The highest BCUT2D eigenvalue weighted by Crippen LogP contribution is 2.36. The Labute approximate surface area is 108 Å². The van der Waals surface area contributed by atoms with Crippen LogP contribution in [0.3, 0.4) is 0 Å². The minimum Gasteiger partial charge on any atom is -0.351 e. The first kappa shape index (κ1) is 11.2. The van der Waals surface area contributed by atoms with E-state index in [0.29, 0.717) is 0 Å². The number of nitrogens with zero attached hydrogens (tertiary/aromatic N) is 1. The molecule has 0 aromatic heterocycles. The zero-order valence-electron chi connectivity index (χ0n) is 10.4. The van der Waals surface area contributed by atoms with Crippen molar-refractivity contribution < 1.29 is 0 Å². The first-order valence-electron chi connectivity index (χ1n) is 6.47. The number of anilines is 1. The molecule has 2 heteroatoms. The van der Waals surface area contributed by atoms with E-state index in [1.165, 1.54) is 36.3 Å². The van der Waals surface area contributed by atoms with Crippen LogP contribution >= 0.6 is 11.8 Å². The van der Waals surface area contributed by atoms with Crippen molar-refractivity contribution in [3.63, 3.8) is 0 Å². The van der Waals surface area contributed by atoms with Gasteiger partial charge in [-0.2, -0.15) is 11.8 Å². The number of para-hydroxylation sites is 1. The van der Waals surface area contributed by atoms with Crippen LogP contribution in [-0.4, -0.2) is 18.1 Å². The van der Waals surface area contributed by atoms with Crippen molar-refractivity contribution in [2.75, 3.05) is 17.7 Å². The third-order valence-electron chi connectivity index (χ3n) is 3.72. The van der Waals surface area contributed by atoms with Gasteiger partial charge in [0.25, 0.3) is 0 Å². The highest BCUT2D eigenvalue weighted by Gasteiger charge is 2.23. The molecule has 1 aromatic carbocycles. The summed E-state index contributed by atoms with van der Waals surface area (Å²) in [7, 11) is 2.17. The van der Waals surface area contributed by atoms with E-state index in [4.69, 9.17) is 0 Å². The minimum absolute atomic E-state index is 0.763. The van der Waals surface area contributed by atoms with Gasteiger partial charge >= 0.3 is 0 Å². The quantitative estimate of drug-likeness (QED) is 0.739. The fourth-order valence-electron chi connectivity index (χ4n) is 2.82. The molecule has 1 aromatic rings. The lowest BCUT2D eigenvalue weighted by Crippen LogP contribution is -2.23. The zero-order valence-corrected chi connectivity index (χ0v) is 11.2. The molecule has 0 bridgehead atoms. The minimum atomic E-state index is 0.763. The van der Waals surface area contributed by atoms with E-state index in [0.717, 1.165) is 11.7 Å². The van der Waals surface area contributed by atoms with Crippen LogP contribution in [0.1, 0.15) is 24.8 Å². The van der Waals surface area contributed by atoms with Crippen LogP contribution in [0.15, 0.2) is 36.0 Å². The molecule has 0 saturated carbocycles. The Morgan fingerprint density at radius 3 is 2.94 bits per heavy atom. The summed E-state index contributed by atoms with van der Waals surface area (Å²) in [6.45, 7) is 0. The summed E-state index contributed by atoms with van der Waals surface area (Å²) in [6, 6.07) is 8.77. The lowest BCUT2D eigenvalue weighted by molar-refractivity contribution is 0.692. The number of thioether (sulfide) groups is 1. The number of hydrogen-bond donors (Lipinski definition) is 0. The molecule has 0 radical (unpaired) electrons. The fourth-order valence-corrected chi connectivity index (χ4v) is 4.17. The topological polar surface area (TPSA) is 3.24 Å². The third-order valence-corrected chi connectivity index (χ3v) is 5.18. The van der Waals surface area contributed by atoms with Gasteiger partial charge in [0.2, 0.25) is 0 Å². The molecule has 1 saturated heterocycles. The second-order valence-electron chi connectivity index (χ2n) is 4.98. The number of hydrogen-bond acceptors (Lipinski definition) is 2.